The summed E-state index contributed by atoms with van der Waals surface area (Å²) in [5.41, 5.74) is 0.412. The van der Waals surface area contributed by atoms with Crippen LogP contribution in [0.3, 0.4) is 0 Å². The van der Waals surface area contributed by atoms with Crippen molar-refractivity contribution in [1.82, 2.24) is 0 Å². The Morgan fingerprint density at radius 3 is 2.63 bits per heavy atom. The smallest absolute Gasteiger partial charge is 0.329 e. The largest absolute Gasteiger partial charge is 0.490 e. The van der Waals surface area contributed by atoms with Crippen molar-refractivity contribution in [3.05, 3.63) is 23.8 Å². The van der Waals surface area contributed by atoms with Gasteiger partial charge in [0.2, 0.25) is 0 Å². The van der Waals surface area contributed by atoms with Crippen molar-refractivity contribution in [2.45, 2.75) is 6.42 Å². The number of benzene rings is 1. The lowest BCUT2D eigenvalue weighted by molar-refractivity contribution is -0.141. The van der Waals surface area contributed by atoms with Crippen LogP contribution in [0.1, 0.15) is 16.8 Å². The molecule has 2 rings (SSSR count). The van der Waals surface area contributed by atoms with Crippen LogP contribution in [0.15, 0.2) is 18.2 Å². The van der Waals surface area contributed by atoms with Crippen molar-refractivity contribution in [3.8, 4) is 11.5 Å². The Bertz CT molecular complexity index is 482. The Morgan fingerprint density at radius 1 is 1.16 bits per heavy atom. The molecule has 102 valence electrons. The van der Waals surface area contributed by atoms with Crippen LogP contribution in [-0.4, -0.2) is 43.3 Å². The van der Waals surface area contributed by atoms with Gasteiger partial charge in [-0.1, -0.05) is 0 Å². The summed E-state index contributed by atoms with van der Waals surface area (Å²) in [7, 11) is 0. The molecular weight excluding hydrogens is 252 g/mol. The molecule has 1 N–H and O–H groups in total. The first kappa shape index (κ1) is 13.4. The van der Waals surface area contributed by atoms with Crippen LogP contribution in [0.25, 0.3) is 0 Å². The Morgan fingerprint density at radius 2 is 1.89 bits per heavy atom. The Balaban J connectivity index is 2.02. The molecular formula is C13H14O6. The third-order valence-corrected chi connectivity index (χ3v) is 2.53. The highest BCUT2D eigenvalue weighted by molar-refractivity contribution is 5.97. The van der Waals surface area contributed by atoms with Gasteiger partial charge >= 0.3 is 5.97 Å². The number of ketones is 1. The number of carboxylic acids is 1. The molecule has 1 aromatic carbocycles. The number of carbonyl (C=O) groups excluding carboxylic acids is 1. The molecule has 0 saturated heterocycles. The maximum Gasteiger partial charge on any atom is 0.329 e. The van der Waals surface area contributed by atoms with E-state index in [0.717, 1.165) is 6.42 Å². The summed E-state index contributed by atoms with van der Waals surface area (Å²) in [6.45, 7) is 0.365. The van der Waals surface area contributed by atoms with Crippen LogP contribution < -0.4 is 9.47 Å². The molecule has 1 aliphatic heterocycles. The molecule has 0 bridgehead atoms. The molecule has 19 heavy (non-hydrogen) atoms. The molecule has 0 spiro atoms. The topological polar surface area (TPSA) is 82.1 Å². The van der Waals surface area contributed by atoms with Crippen LogP contribution in [0.4, 0.5) is 0 Å². The second-order valence-corrected chi connectivity index (χ2v) is 4.02. The lowest BCUT2D eigenvalue weighted by atomic mass is 10.1. The second-order valence-electron chi connectivity index (χ2n) is 4.02. The molecule has 0 unspecified atom stereocenters. The van der Waals surface area contributed by atoms with Crippen molar-refractivity contribution >= 4 is 11.8 Å². The Labute approximate surface area is 109 Å². The van der Waals surface area contributed by atoms with Crippen LogP contribution in [0.2, 0.25) is 0 Å². The SMILES string of the molecule is O=C(O)COCC(=O)c1ccc2c(c1)OCCCO2. The number of hydrogen-bond acceptors (Lipinski definition) is 5. The van der Waals surface area contributed by atoms with E-state index >= 15 is 0 Å². The van der Waals surface area contributed by atoms with E-state index in [-0.39, 0.29) is 12.4 Å². The molecule has 6 heteroatoms. The number of carbonyl (C=O) groups is 2. The predicted molar refractivity (Wildman–Crippen MR) is 64.8 cm³/mol. The van der Waals surface area contributed by atoms with Gasteiger partial charge in [0.15, 0.2) is 17.3 Å². The quantitative estimate of drug-likeness (QED) is 0.804. The van der Waals surface area contributed by atoms with Crippen LogP contribution in [0.5, 0.6) is 11.5 Å². The average Bonchev–Trinajstić information content (AvgIpc) is 2.62. The van der Waals surface area contributed by atoms with E-state index in [4.69, 9.17) is 19.3 Å². The molecule has 0 saturated carbocycles. The van der Waals surface area contributed by atoms with Gasteiger partial charge in [-0.25, -0.2) is 4.79 Å². The minimum atomic E-state index is -1.11. The minimum absolute atomic E-state index is 0.272. The standard InChI is InChI=1S/C13H14O6/c14-10(7-17-8-13(15)16)9-2-3-11-12(6-9)19-5-1-4-18-11/h2-3,6H,1,4-5,7-8H2,(H,15,16). The van der Waals surface area contributed by atoms with Crippen molar-refractivity contribution in [3.63, 3.8) is 0 Å². The van der Waals surface area contributed by atoms with E-state index in [1.807, 2.05) is 0 Å². The molecule has 1 aromatic rings. The molecule has 0 atom stereocenters. The summed E-state index contributed by atoms with van der Waals surface area (Å²) in [6, 6.07) is 4.87. The van der Waals surface area contributed by atoms with Crippen molar-refractivity contribution in [1.29, 1.82) is 0 Å². The second kappa shape index (κ2) is 6.19. The van der Waals surface area contributed by atoms with Gasteiger partial charge in [0.05, 0.1) is 13.2 Å². The van der Waals surface area contributed by atoms with Crippen LogP contribution >= 0.6 is 0 Å². The van der Waals surface area contributed by atoms with E-state index in [9.17, 15) is 9.59 Å². The van der Waals surface area contributed by atoms with Gasteiger partial charge in [0.25, 0.3) is 0 Å². The maximum atomic E-state index is 11.8. The fraction of sp³-hybridized carbons (Fsp3) is 0.385. The highest BCUT2D eigenvalue weighted by atomic mass is 16.5. The van der Waals surface area contributed by atoms with E-state index in [0.29, 0.717) is 30.3 Å². The third-order valence-electron chi connectivity index (χ3n) is 2.53. The van der Waals surface area contributed by atoms with Crippen LogP contribution in [-0.2, 0) is 9.53 Å². The number of ether oxygens (including phenoxy) is 3. The van der Waals surface area contributed by atoms with Gasteiger partial charge in [-0.15, -0.1) is 0 Å². The predicted octanol–water partition coefficient (Wildman–Crippen LogP) is 1.13. The summed E-state index contributed by atoms with van der Waals surface area (Å²) >= 11 is 0. The zero-order valence-corrected chi connectivity index (χ0v) is 10.3. The lowest BCUT2D eigenvalue weighted by Crippen LogP contribution is -2.14. The minimum Gasteiger partial charge on any atom is -0.490 e. The number of aliphatic carboxylic acids is 1. The number of hydrogen-bond donors (Lipinski definition) is 1. The highest BCUT2D eigenvalue weighted by Crippen LogP contribution is 2.30. The zero-order valence-electron chi connectivity index (χ0n) is 10.3. The van der Waals surface area contributed by atoms with E-state index < -0.39 is 12.6 Å². The maximum absolute atomic E-state index is 11.8. The van der Waals surface area contributed by atoms with Gasteiger partial charge in [-0.3, -0.25) is 4.79 Å². The summed E-state index contributed by atoms with van der Waals surface area (Å²) in [5.74, 6) is -0.259. The van der Waals surface area contributed by atoms with Gasteiger partial charge < -0.3 is 19.3 Å². The summed E-state index contributed by atoms with van der Waals surface area (Å²) in [6.07, 6.45) is 0.791. The van der Waals surface area contributed by atoms with Gasteiger partial charge in [-0.05, 0) is 18.2 Å². The summed E-state index contributed by atoms with van der Waals surface area (Å²) < 4.78 is 15.7. The van der Waals surface area contributed by atoms with E-state index in [1.54, 1.807) is 18.2 Å². The fourth-order valence-corrected chi connectivity index (χ4v) is 1.65. The molecule has 0 radical (unpaired) electrons. The number of Topliss-reactive ketones (excluding diaryl/α,β-unsaturated/α-hetero) is 1. The number of rotatable bonds is 5. The summed E-state index contributed by atoms with van der Waals surface area (Å²) in [5, 5.41) is 8.41. The molecule has 0 amide bonds. The molecule has 0 aliphatic carbocycles. The van der Waals surface area contributed by atoms with Crippen molar-refractivity contribution < 1.29 is 28.9 Å². The molecule has 6 nitrogen and oxygen atoms in total. The van der Waals surface area contributed by atoms with E-state index in [2.05, 4.69) is 0 Å². The monoisotopic (exact) mass is 266 g/mol. The molecule has 0 aromatic heterocycles. The van der Waals surface area contributed by atoms with Crippen molar-refractivity contribution in [2.24, 2.45) is 0 Å². The van der Waals surface area contributed by atoms with E-state index in [1.165, 1.54) is 0 Å². The number of carboxylic acid groups (broad SMARTS) is 1. The molecule has 1 aliphatic rings. The van der Waals surface area contributed by atoms with Crippen molar-refractivity contribution in [2.75, 3.05) is 26.4 Å². The first-order valence-corrected chi connectivity index (χ1v) is 5.89. The third kappa shape index (κ3) is 3.69. The lowest BCUT2D eigenvalue weighted by Gasteiger charge is -2.08. The van der Waals surface area contributed by atoms with Crippen LogP contribution in [0, 0.1) is 0 Å². The number of fused-ring (bicyclic) bond motifs is 1. The average molecular weight is 266 g/mol. The highest BCUT2D eigenvalue weighted by Gasteiger charge is 2.14. The normalized spacial score (nSPS) is 13.7. The van der Waals surface area contributed by atoms with Gasteiger partial charge in [0, 0.05) is 12.0 Å². The first-order chi connectivity index (χ1) is 9.16. The first-order valence-electron chi connectivity index (χ1n) is 5.89. The molecule has 0 fully saturated rings. The Kier molecular flexibility index (Phi) is 4.35. The zero-order chi connectivity index (χ0) is 13.7. The summed E-state index contributed by atoms with van der Waals surface area (Å²) in [4.78, 5) is 22.1. The van der Waals surface area contributed by atoms with Gasteiger partial charge in [0.1, 0.15) is 13.2 Å². The Hall–Kier alpha value is -2.08. The van der Waals surface area contributed by atoms with Gasteiger partial charge in [-0.2, -0.15) is 0 Å². The fourth-order valence-electron chi connectivity index (χ4n) is 1.65. The molecule has 1 heterocycles.